The molecule has 1 aromatic carbocycles. The van der Waals surface area contributed by atoms with Gasteiger partial charge in [-0.1, -0.05) is 12.1 Å². The van der Waals surface area contributed by atoms with Crippen molar-refractivity contribution in [3.05, 3.63) is 50.1 Å². The van der Waals surface area contributed by atoms with Gasteiger partial charge in [-0.15, -0.1) is 20.2 Å². The molecule has 0 aliphatic heterocycles. The lowest BCUT2D eigenvalue weighted by Gasteiger charge is -2.10. The molecule has 0 aromatic heterocycles. The second kappa shape index (κ2) is 22.8. The highest BCUT2D eigenvalue weighted by Crippen LogP contribution is 2.19. The Morgan fingerprint density at radius 3 is 1.41 bits per heavy atom. The van der Waals surface area contributed by atoms with E-state index in [1.807, 2.05) is 0 Å². The number of hydrogen-bond acceptors (Lipinski definition) is 22. The van der Waals surface area contributed by atoms with Crippen molar-refractivity contribution < 1.29 is 96.1 Å². The lowest BCUT2D eigenvalue weighted by Crippen LogP contribution is -2.25. The summed E-state index contributed by atoms with van der Waals surface area (Å²) in [6.45, 7) is -7.23. The Kier molecular flexibility index (Phi) is 18.8. The standard InChI is InChI=1S/C25H26N2O22/c28-18(40-7-3-4-8-47-26(36)37)9-41-19(29)10-42-20(30)11-43-21(31)12-44-22(32)13-46-25(35)16-5-1-2-6-17(16)49-24(34)14-45-23(33)15-48-27(38)39/h1-2,5-6H,3-4,7-15H2. The average molecular weight is 706 g/mol. The molecule has 0 N–H and O–H groups in total. The van der Waals surface area contributed by atoms with Crippen LogP contribution in [0.4, 0.5) is 0 Å². The lowest BCUT2D eigenvalue weighted by molar-refractivity contribution is -0.757. The van der Waals surface area contributed by atoms with Crippen LogP contribution in [0.3, 0.4) is 0 Å². The highest BCUT2D eigenvalue weighted by atomic mass is 17.0. The summed E-state index contributed by atoms with van der Waals surface area (Å²) in [6, 6.07) is 4.99. The molecule has 24 heteroatoms. The first kappa shape index (κ1) is 40.4. The van der Waals surface area contributed by atoms with Crippen LogP contribution in [0.1, 0.15) is 23.2 Å². The van der Waals surface area contributed by atoms with Gasteiger partial charge in [0.15, 0.2) is 46.2 Å². The zero-order valence-electron chi connectivity index (χ0n) is 25.0. The van der Waals surface area contributed by atoms with Gasteiger partial charge in [0, 0.05) is 0 Å². The molecule has 268 valence electrons. The number of carbonyl (C=O) groups excluding carboxylic acids is 8. The summed E-state index contributed by atoms with van der Waals surface area (Å²) in [5, 5.41) is 17.8. The maximum atomic E-state index is 12.3. The first-order valence-corrected chi connectivity index (χ1v) is 13.2. The van der Waals surface area contributed by atoms with E-state index >= 15 is 0 Å². The average Bonchev–Trinajstić information content (AvgIpc) is 3.06. The van der Waals surface area contributed by atoms with E-state index in [1.165, 1.54) is 12.1 Å². The smallest absolute Gasteiger partial charge is 0.349 e. The van der Waals surface area contributed by atoms with Gasteiger partial charge in [0.1, 0.15) is 11.3 Å². The molecule has 0 radical (unpaired) electrons. The maximum Gasteiger partial charge on any atom is 0.349 e. The number of unbranched alkanes of at least 4 members (excludes halogenated alkanes) is 1. The SMILES string of the molecule is O=C(COC(=O)COC(=O)COC(=O)COC(=O)COC(=O)c1ccccc1OC(=O)COC(=O)CO[N+](=O)[O-])OCCCCO[N+](=O)[O-]. The molecule has 0 aliphatic carbocycles. The third kappa shape index (κ3) is 20.2. The number of nitrogens with zero attached hydrogens (tertiary/aromatic N) is 2. The van der Waals surface area contributed by atoms with Crippen molar-refractivity contribution in [2.24, 2.45) is 0 Å². The predicted octanol–water partition coefficient (Wildman–Crippen LogP) is -1.80. The van der Waals surface area contributed by atoms with Crippen molar-refractivity contribution in [1.29, 1.82) is 0 Å². The zero-order chi connectivity index (χ0) is 36.6. The van der Waals surface area contributed by atoms with Gasteiger partial charge in [0.2, 0.25) is 0 Å². The van der Waals surface area contributed by atoms with E-state index in [1.54, 1.807) is 0 Å². The van der Waals surface area contributed by atoms with Crippen molar-refractivity contribution >= 4 is 47.8 Å². The van der Waals surface area contributed by atoms with Crippen LogP contribution in [-0.4, -0.2) is 117 Å². The molecular formula is C25H26N2O22. The van der Waals surface area contributed by atoms with E-state index in [-0.39, 0.29) is 37.4 Å². The highest BCUT2D eigenvalue weighted by Gasteiger charge is 2.20. The molecule has 0 bridgehead atoms. The van der Waals surface area contributed by atoms with Gasteiger partial charge in [-0.05, 0) is 25.0 Å². The Morgan fingerprint density at radius 1 is 0.490 bits per heavy atom. The molecule has 49 heavy (non-hydrogen) atoms. The minimum Gasteiger partial charge on any atom is -0.463 e. The molecule has 0 saturated carbocycles. The van der Waals surface area contributed by atoms with E-state index in [0.717, 1.165) is 12.1 Å². The Bertz CT molecular complexity index is 1380. The number of esters is 8. The monoisotopic (exact) mass is 706 g/mol. The van der Waals surface area contributed by atoms with Gasteiger partial charge in [-0.3, -0.25) is 0 Å². The second-order valence-corrected chi connectivity index (χ2v) is 8.33. The van der Waals surface area contributed by atoms with Crippen LogP contribution in [0.25, 0.3) is 0 Å². The fraction of sp³-hybridized carbons (Fsp3) is 0.440. The molecule has 0 amide bonds. The van der Waals surface area contributed by atoms with Crippen LogP contribution < -0.4 is 4.74 Å². The number of para-hydroxylation sites is 1. The van der Waals surface area contributed by atoms with Gasteiger partial charge in [-0.2, -0.15) is 0 Å². The summed E-state index contributed by atoms with van der Waals surface area (Å²) in [4.78, 5) is 122. The van der Waals surface area contributed by atoms with E-state index in [4.69, 9.17) is 14.2 Å². The number of benzene rings is 1. The summed E-state index contributed by atoms with van der Waals surface area (Å²) in [5.41, 5.74) is -0.358. The molecule has 0 aliphatic rings. The molecule has 0 heterocycles. The minimum absolute atomic E-state index is 0.120. The molecule has 1 rings (SSSR count). The highest BCUT2D eigenvalue weighted by molar-refractivity contribution is 5.94. The van der Waals surface area contributed by atoms with Gasteiger partial charge >= 0.3 is 47.8 Å². The first-order chi connectivity index (χ1) is 23.3. The van der Waals surface area contributed by atoms with E-state index < -0.39 is 104 Å². The molecular weight excluding hydrogens is 680 g/mol. The summed E-state index contributed by atoms with van der Waals surface area (Å²) >= 11 is 0. The summed E-state index contributed by atoms with van der Waals surface area (Å²) in [7, 11) is 0. The predicted molar refractivity (Wildman–Crippen MR) is 143 cm³/mol. The Balaban J connectivity index is 2.27. The van der Waals surface area contributed by atoms with Crippen LogP contribution in [0.15, 0.2) is 24.3 Å². The third-order valence-electron chi connectivity index (χ3n) is 4.69. The number of ether oxygens (including phenoxy) is 8. The molecule has 24 nitrogen and oxygen atoms in total. The number of rotatable bonds is 23. The van der Waals surface area contributed by atoms with Crippen LogP contribution in [0, 0.1) is 20.2 Å². The van der Waals surface area contributed by atoms with Gasteiger partial charge in [0.25, 0.3) is 10.2 Å². The largest absolute Gasteiger partial charge is 0.463 e. The Hall–Kier alpha value is -6.62. The second-order valence-electron chi connectivity index (χ2n) is 8.33. The summed E-state index contributed by atoms with van der Waals surface area (Å²) in [6.07, 6.45) is 0.471. The maximum absolute atomic E-state index is 12.3. The fourth-order valence-corrected chi connectivity index (χ4v) is 2.66. The van der Waals surface area contributed by atoms with Gasteiger partial charge < -0.3 is 47.6 Å². The molecule has 0 atom stereocenters. The third-order valence-corrected chi connectivity index (χ3v) is 4.69. The van der Waals surface area contributed by atoms with E-state index in [0.29, 0.717) is 0 Å². The molecule has 0 spiro atoms. The van der Waals surface area contributed by atoms with Crippen LogP contribution in [0.5, 0.6) is 5.75 Å². The van der Waals surface area contributed by atoms with Gasteiger partial charge in [0.05, 0.1) is 13.2 Å². The zero-order valence-corrected chi connectivity index (χ0v) is 25.0. The summed E-state index contributed by atoms with van der Waals surface area (Å²) < 4.78 is 36.7. The molecule has 0 unspecified atom stereocenters. The molecule has 0 saturated heterocycles. The van der Waals surface area contributed by atoms with Crippen molar-refractivity contribution in [2.75, 3.05) is 59.5 Å². The van der Waals surface area contributed by atoms with Crippen molar-refractivity contribution in [3.8, 4) is 5.75 Å². The van der Waals surface area contributed by atoms with E-state index in [9.17, 15) is 58.6 Å². The first-order valence-electron chi connectivity index (χ1n) is 13.2. The van der Waals surface area contributed by atoms with Crippen LogP contribution >= 0.6 is 0 Å². The summed E-state index contributed by atoms with van der Waals surface area (Å²) in [5.74, 6) is -9.79. The fourth-order valence-electron chi connectivity index (χ4n) is 2.66. The Morgan fingerprint density at radius 2 is 0.898 bits per heavy atom. The van der Waals surface area contributed by atoms with Crippen molar-refractivity contribution in [3.63, 3.8) is 0 Å². The lowest BCUT2D eigenvalue weighted by atomic mass is 10.2. The topological polar surface area (TPSA) is 315 Å². The van der Waals surface area contributed by atoms with Gasteiger partial charge in [-0.25, -0.2) is 38.4 Å². The van der Waals surface area contributed by atoms with Crippen LogP contribution in [0.2, 0.25) is 0 Å². The normalized spacial score (nSPS) is 9.88. The number of hydrogen-bond donors (Lipinski definition) is 0. The van der Waals surface area contributed by atoms with Crippen molar-refractivity contribution in [2.45, 2.75) is 12.8 Å². The quantitative estimate of drug-likeness (QED) is 0.0303. The molecule has 0 fully saturated rings. The van der Waals surface area contributed by atoms with Crippen LogP contribution in [-0.2, 0) is 76.4 Å². The number of carbonyl (C=O) groups is 8. The van der Waals surface area contributed by atoms with E-state index in [2.05, 4.69) is 33.4 Å². The Labute approximate surface area is 272 Å². The molecule has 1 aromatic rings. The minimum atomic E-state index is -1.25. The van der Waals surface area contributed by atoms with Crippen molar-refractivity contribution in [1.82, 2.24) is 0 Å².